The first-order chi connectivity index (χ1) is 7.81. The fraction of sp³-hybridized carbons (Fsp3) is 0.385. The van der Waals surface area contributed by atoms with Gasteiger partial charge in [-0.2, -0.15) is 5.26 Å². The highest BCUT2D eigenvalue weighted by Gasteiger charge is 2.18. The second-order valence-corrected chi connectivity index (χ2v) is 4.06. The largest absolute Gasteiger partial charge is 0.281 e. The van der Waals surface area contributed by atoms with Gasteiger partial charge in [-0.25, -0.2) is 0 Å². The van der Waals surface area contributed by atoms with Crippen molar-refractivity contribution in [1.82, 2.24) is 5.32 Å². The normalized spacial score (nSPS) is 19.8. The lowest BCUT2D eigenvalue weighted by Gasteiger charge is -2.22. The zero-order valence-corrected chi connectivity index (χ0v) is 9.40. The smallest absolute Gasteiger partial charge is 0.182 e. The third-order valence-electron chi connectivity index (χ3n) is 2.92. The first-order valence-corrected chi connectivity index (χ1v) is 5.58. The van der Waals surface area contributed by atoms with Crippen LogP contribution in [-0.4, -0.2) is 5.84 Å². The highest BCUT2D eigenvalue weighted by Crippen LogP contribution is 2.32. The van der Waals surface area contributed by atoms with E-state index in [0.717, 1.165) is 12.8 Å². The lowest BCUT2D eigenvalue weighted by atomic mass is 9.88. The van der Waals surface area contributed by atoms with Gasteiger partial charge in [0.25, 0.3) is 0 Å². The molecule has 0 saturated carbocycles. The van der Waals surface area contributed by atoms with E-state index in [1.807, 2.05) is 13.1 Å². The van der Waals surface area contributed by atoms with Crippen LogP contribution in [0.3, 0.4) is 0 Å². The van der Waals surface area contributed by atoms with Gasteiger partial charge in [-0.3, -0.25) is 10.3 Å². The molecule has 1 N–H and O–H groups in total. The highest BCUT2D eigenvalue weighted by molar-refractivity contribution is 5.81. The fourth-order valence-electron chi connectivity index (χ4n) is 2.21. The Morgan fingerprint density at radius 1 is 1.50 bits per heavy atom. The number of nitrogens with zero attached hydrogens (tertiary/aromatic N) is 2. The maximum absolute atomic E-state index is 8.52. The minimum absolute atomic E-state index is 0.214. The Morgan fingerprint density at radius 2 is 2.31 bits per heavy atom. The average Bonchev–Trinajstić information content (AvgIpc) is 2.30. The van der Waals surface area contributed by atoms with Crippen molar-refractivity contribution in [3.8, 4) is 6.19 Å². The van der Waals surface area contributed by atoms with Crippen LogP contribution in [-0.2, 0) is 6.42 Å². The number of amidine groups is 1. The van der Waals surface area contributed by atoms with Crippen molar-refractivity contribution in [2.45, 2.75) is 32.2 Å². The zero-order chi connectivity index (χ0) is 11.4. The molecule has 1 aromatic rings. The minimum Gasteiger partial charge on any atom is -0.281 e. The van der Waals surface area contributed by atoms with E-state index < -0.39 is 0 Å². The van der Waals surface area contributed by atoms with E-state index in [9.17, 15) is 0 Å². The quantitative estimate of drug-likeness (QED) is 0.337. The molecule has 82 valence electrons. The summed E-state index contributed by atoms with van der Waals surface area (Å²) in [5.41, 5.74) is 2.71. The Bertz CT molecular complexity index is 443. The van der Waals surface area contributed by atoms with Gasteiger partial charge in [-0.15, -0.1) is 0 Å². The maximum atomic E-state index is 8.52. The number of fused-ring (bicyclic) bond motifs is 1. The molecule has 1 atom stereocenters. The second-order valence-electron chi connectivity index (χ2n) is 4.06. The van der Waals surface area contributed by atoms with Crippen molar-refractivity contribution < 1.29 is 0 Å². The van der Waals surface area contributed by atoms with Gasteiger partial charge >= 0.3 is 0 Å². The Kier molecular flexibility index (Phi) is 3.21. The van der Waals surface area contributed by atoms with Crippen LogP contribution in [0.2, 0.25) is 0 Å². The van der Waals surface area contributed by atoms with Crippen molar-refractivity contribution in [1.29, 1.82) is 5.26 Å². The van der Waals surface area contributed by atoms with Gasteiger partial charge in [0, 0.05) is 0 Å². The molecule has 0 bridgehead atoms. The van der Waals surface area contributed by atoms with Gasteiger partial charge in [0.05, 0.1) is 6.04 Å². The molecule has 16 heavy (non-hydrogen) atoms. The third kappa shape index (κ3) is 2.22. The van der Waals surface area contributed by atoms with E-state index >= 15 is 0 Å². The molecule has 0 radical (unpaired) electrons. The van der Waals surface area contributed by atoms with E-state index in [-0.39, 0.29) is 6.04 Å². The fourth-order valence-corrected chi connectivity index (χ4v) is 2.21. The average molecular weight is 213 g/mol. The molecule has 0 amide bonds. The minimum atomic E-state index is 0.214. The Balaban J connectivity index is 2.26. The van der Waals surface area contributed by atoms with E-state index in [4.69, 9.17) is 5.26 Å². The molecule has 0 aromatic heterocycles. The van der Waals surface area contributed by atoms with Crippen LogP contribution >= 0.6 is 0 Å². The summed E-state index contributed by atoms with van der Waals surface area (Å²) in [5.74, 6) is 0.698. The predicted molar refractivity (Wildman–Crippen MR) is 64.0 cm³/mol. The highest BCUT2D eigenvalue weighted by atomic mass is 15.0. The summed E-state index contributed by atoms with van der Waals surface area (Å²) in [6, 6.07) is 8.66. The number of hydrogen-bond acceptors (Lipinski definition) is 2. The molecule has 1 aromatic carbocycles. The van der Waals surface area contributed by atoms with Crippen LogP contribution in [0.1, 0.15) is 36.9 Å². The molecule has 0 spiro atoms. The van der Waals surface area contributed by atoms with Gasteiger partial charge in [0.2, 0.25) is 0 Å². The van der Waals surface area contributed by atoms with Gasteiger partial charge in [-0.05, 0) is 37.3 Å². The van der Waals surface area contributed by atoms with Gasteiger partial charge in [0.15, 0.2) is 6.19 Å². The molecule has 0 aliphatic heterocycles. The topological polar surface area (TPSA) is 48.2 Å². The van der Waals surface area contributed by atoms with Gasteiger partial charge in [0.1, 0.15) is 5.84 Å². The van der Waals surface area contributed by atoms with Crippen molar-refractivity contribution in [2.24, 2.45) is 4.99 Å². The summed E-state index contributed by atoms with van der Waals surface area (Å²) in [7, 11) is 0. The van der Waals surface area contributed by atoms with Crippen LogP contribution < -0.4 is 5.32 Å². The summed E-state index contributed by atoms with van der Waals surface area (Å²) in [5, 5.41) is 11.1. The summed E-state index contributed by atoms with van der Waals surface area (Å²) in [4.78, 5) is 4.55. The maximum Gasteiger partial charge on any atom is 0.182 e. The van der Waals surface area contributed by atoms with Crippen LogP contribution in [0.4, 0.5) is 0 Å². The lowest BCUT2D eigenvalue weighted by Crippen LogP contribution is -2.16. The van der Waals surface area contributed by atoms with E-state index in [1.54, 1.807) is 0 Å². The van der Waals surface area contributed by atoms with Gasteiger partial charge < -0.3 is 0 Å². The molecular weight excluding hydrogens is 198 g/mol. The molecule has 0 unspecified atom stereocenters. The Hall–Kier alpha value is -1.82. The SMILES string of the molecule is CC(=N[C@H]1CCCc2ccccc21)NC#N. The number of hydrogen-bond donors (Lipinski definition) is 1. The zero-order valence-electron chi connectivity index (χ0n) is 9.40. The standard InChI is InChI=1S/C13H15N3/c1-10(15-9-14)16-13-8-4-6-11-5-2-3-7-12(11)13/h2-3,5,7,13H,4,6,8H2,1H3,(H,15,16)/t13-/m0/s1. The predicted octanol–water partition coefficient (Wildman–Crippen LogP) is 2.55. The first-order valence-electron chi connectivity index (χ1n) is 5.58. The van der Waals surface area contributed by atoms with E-state index in [0.29, 0.717) is 5.84 Å². The van der Waals surface area contributed by atoms with Crippen LogP contribution in [0, 0.1) is 11.5 Å². The molecular formula is C13H15N3. The van der Waals surface area contributed by atoms with Crippen molar-refractivity contribution in [2.75, 3.05) is 0 Å². The summed E-state index contributed by atoms with van der Waals surface area (Å²) in [6.07, 6.45) is 5.29. The Morgan fingerprint density at radius 3 is 3.12 bits per heavy atom. The molecule has 2 rings (SSSR count). The second kappa shape index (κ2) is 4.80. The van der Waals surface area contributed by atoms with Crippen molar-refractivity contribution in [3.63, 3.8) is 0 Å². The van der Waals surface area contributed by atoms with E-state index in [2.05, 4.69) is 34.6 Å². The third-order valence-corrected chi connectivity index (χ3v) is 2.92. The molecule has 1 aliphatic carbocycles. The summed E-state index contributed by atoms with van der Waals surface area (Å²) >= 11 is 0. The number of nitrogens with one attached hydrogen (secondary N) is 1. The van der Waals surface area contributed by atoms with Crippen LogP contribution in [0.5, 0.6) is 0 Å². The molecule has 0 saturated heterocycles. The molecule has 1 aliphatic rings. The number of aryl methyl sites for hydroxylation is 1. The Labute approximate surface area is 95.8 Å². The molecule has 0 fully saturated rings. The van der Waals surface area contributed by atoms with Crippen molar-refractivity contribution >= 4 is 5.84 Å². The lowest BCUT2D eigenvalue weighted by molar-refractivity contribution is 0.571. The van der Waals surface area contributed by atoms with Crippen LogP contribution in [0.25, 0.3) is 0 Å². The molecule has 3 nitrogen and oxygen atoms in total. The summed E-state index contributed by atoms with van der Waals surface area (Å²) in [6.45, 7) is 1.83. The number of rotatable bonds is 1. The van der Waals surface area contributed by atoms with Gasteiger partial charge in [-0.1, -0.05) is 24.3 Å². The monoisotopic (exact) mass is 213 g/mol. The van der Waals surface area contributed by atoms with Crippen molar-refractivity contribution in [3.05, 3.63) is 35.4 Å². The number of nitriles is 1. The van der Waals surface area contributed by atoms with Crippen LogP contribution in [0.15, 0.2) is 29.3 Å². The number of benzene rings is 1. The molecule has 0 heterocycles. The number of aliphatic imine (C=N–C) groups is 1. The molecule has 3 heteroatoms. The summed E-state index contributed by atoms with van der Waals surface area (Å²) < 4.78 is 0. The first kappa shape index (κ1) is 10.7. The van der Waals surface area contributed by atoms with E-state index in [1.165, 1.54) is 17.5 Å².